The Morgan fingerprint density at radius 3 is 2.41 bits per heavy atom. The first-order valence-electron chi connectivity index (χ1n) is 7.28. The zero-order valence-electron chi connectivity index (χ0n) is 11.8. The predicted molar refractivity (Wildman–Crippen MR) is 73.3 cm³/mol. The largest absolute Gasteiger partial charge is 0.315 e. The minimum absolute atomic E-state index is 0.683. The Labute approximate surface area is 107 Å². The Kier molecular flexibility index (Phi) is 4.83. The summed E-state index contributed by atoms with van der Waals surface area (Å²) in [5, 5.41) is 3.62. The molecule has 0 amide bonds. The minimum Gasteiger partial charge on any atom is -0.315 e. The Morgan fingerprint density at radius 2 is 1.76 bits per heavy atom. The van der Waals surface area contributed by atoms with Gasteiger partial charge in [0.05, 0.1) is 0 Å². The van der Waals surface area contributed by atoms with Crippen molar-refractivity contribution in [3.05, 3.63) is 0 Å². The van der Waals surface area contributed by atoms with Crippen molar-refractivity contribution >= 4 is 0 Å². The number of hydrogen-bond acceptors (Lipinski definition) is 3. The quantitative estimate of drug-likeness (QED) is 0.803. The van der Waals surface area contributed by atoms with E-state index in [9.17, 15) is 0 Å². The molecule has 0 aromatic carbocycles. The fraction of sp³-hybridized carbons (Fsp3) is 1.00. The summed E-state index contributed by atoms with van der Waals surface area (Å²) in [6, 6.07) is 1.37. The first kappa shape index (κ1) is 13.3. The molecule has 1 heterocycles. The Balaban J connectivity index is 2.04. The smallest absolute Gasteiger partial charge is 0.0375 e. The van der Waals surface area contributed by atoms with Crippen LogP contribution in [0.1, 0.15) is 32.1 Å². The van der Waals surface area contributed by atoms with Crippen LogP contribution in [-0.2, 0) is 0 Å². The van der Waals surface area contributed by atoms with E-state index in [4.69, 9.17) is 0 Å². The second kappa shape index (κ2) is 6.17. The Bertz CT molecular complexity index is 226. The summed E-state index contributed by atoms with van der Waals surface area (Å²) in [6.45, 7) is 3.72. The monoisotopic (exact) mass is 239 g/mol. The molecule has 0 aromatic rings. The number of likely N-dealkylation sites (N-methyl/N-ethyl adjacent to an activating group) is 3. The van der Waals surface area contributed by atoms with Gasteiger partial charge in [0.15, 0.2) is 0 Å². The van der Waals surface area contributed by atoms with Gasteiger partial charge in [-0.3, -0.25) is 0 Å². The summed E-state index contributed by atoms with van der Waals surface area (Å²) in [7, 11) is 6.73. The Hall–Kier alpha value is -0.120. The molecule has 1 saturated carbocycles. The molecule has 3 nitrogen and oxygen atoms in total. The zero-order valence-corrected chi connectivity index (χ0v) is 11.8. The van der Waals surface area contributed by atoms with E-state index >= 15 is 0 Å². The number of nitrogens with one attached hydrogen (secondary N) is 1. The van der Waals surface area contributed by atoms with Crippen molar-refractivity contribution in [2.75, 3.05) is 40.8 Å². The highest BCUT2D eigenvalue weighted by molar-refractivity contribution is 4.92. The van der Waals surface area contributed by atoms with Crippen LogP contribution in [0.25, 0.3) is 0 Å². The summed E-state index contributed by atoms with van der Waals surface area (Å²) in [6.07, 6.45) is 7.05. The number of nitrogens with zero attached hydrogens (tertiary/aromatic N) is 2. The fourth-order valence-electron chi connectivity index (χ4n) is 3.75. The van der Waals surface area contributed by atoms with Crippen molar-refractivity contribution in [3.63, 3.8) is 0 Å². The lowest BCUT2D eigenvalue weighted by molar-refractivity contribution is 0.149. The van der Waals surface area contributed by atoms with E-state index in [2.05, 4.69) is 36.3 Å². The molecule has 1 aliphatic heterocycles. The van der Waals surface area contributed by atoms with E-state index in [1.807, 2.05) is 0 Å². The van der Waals surface area contributed by atoms with Crippen LogP contribution in [-0.4, -0.2) is 62.7 Å². The maximum Gasteiger partial charge on any atom is 0.0375 e. The zero-order chi connectivity index (χ0) is 12.3. The fourth-order valence-corrected chi connectivity index (χ4v) is 3.75. The number of hydrogen-bond donors (Lipinski definition) is 1. The van der Waals surface area contributed by atoms with Crippen LogP contribution in [0.5, 0.6) is 0 Å². The summed E-state index contributed by atoms with van der Waals surface area (Å²) in [5.74, 6) is 0.902. The van der Waals surface area contributed by atoms with Crippen molar-refractivity contribution in [1.82, 2.24) is 15.1 Å². The topological polar surface area (TPSA) is 18.5 Å². The molecule has 2 aliphatic rings. The van der Waals surface area contributed by atoms with Gasteiger partial charge in [-0.1, -0.05) is 12.8 Å². The molecule has 0 aromatic heterocycles. The van der Waals surface area contributed by atoms with Crippen molar-refractivity contribution in [2.45, 2.75) is 44.2 Å². The molecule has 0 spiro atoms. The third-order valence-electron chi connectivity index (χ3n) is 4.77. The summed E-state index contributed by atoms with van der Waals surface area (Å²) in [5.41, 5.74) is 0. The summed E-state index contributed by atoms with van der Waals surface area (Å²) >= 11 is 0. The van der Waals surface area contributed by atoms with Gasteiger partial charge in [-0.25, -0.2) is 0 Å². The molecule has 2 atom stereocenters. The molecule has 100 valence electrons. The maximum atomic E-state index is 3.62. The van der Waals surface area contributed by atoms with Gasteiger partial charge in [0, 0.05) is 18.6 Å². The molecule has 3 heteroatoms. The molecule has 0 bridgehead atoms. The molecule has 0 radical (unpaired) electrons. The van der Waals surface area contributed by atoms with Crippen molar-refractivity contribution in [3.8, 4) is 0 Å². The first-order chi connectivity index (χ1) is 8.22. The van der Waals surface area contributed by atoms with E-state index in [-0.39, 0.29) is 0 Å². The van der Waals surface area contributed by atoms with E-state index in [0.717, 1.165) is 5.92 Å². The number of rotatable bonds is 3. The van der Waals surface area contributed by atoms with Crippen molar-refractivity contribution < 1.29 is 0 Å². The second-order valence-corrected chi connectivity index (χ2v) is 6.02. The lowest BCUT2D eigenvalue weighted by Crippen LogP contribution is -2.54. The van der Waals surface area contributed by atoms with Crippen LogP contribution < -0.4 is 5.32 Å². The highest BCUT2D eigenvalue weighted by Crippen LogP contribution is 2.30. The van der Waals surface area contributed by atoms with Gasteiger partial charge in [-0.05, 0) is 59.4 Å². The van der Waals surface area contributed by atoms with Gasteiger partial charge >= 0.3 is 0 Å². The van der Waals surface area contributed by atoms with Gasteiger partial charge in [0.2, 0.25) is 0 Å². The van der Waals surface area contributed by atoms with Crippen LogP contribution in [0.15, 0.2) is 0 Å². The third kappa shape index (κ3) is 3.21. The second-order valence-electron chi connectivity index (χ2n) is 6.02. The average Bonchev–Trinajstić information content (AvgIpc) is 2.76. The summed E-state index contributed by atoms with van der Waals surface area (Å²) < 4.78 is 0. The lowest BCUT2D eigenvalue weighted by Gasteiger charge is -2.37. The molecular weight excluding hydrogens is 210 g/mol. The summed E-state index contributed by atoms with van der Waals surface area (Å²) in [4.78, 5) is 5.09. The molecular formula is C14H29N3. The lowest BCUT2D eigenvalue weighted by atomic mass is 9.91. The van der Waals surface area contributed by atoms with Crippen LogP contribution >= 0.6 is 0 Å². The van der Waals surface area contributed by atoms with Gasteiger partial charge in [-0.2, -0.15) is 0 Å². The van der Waals surface area contributed by atoms with Crippen LogP contribution in [0.3, 0.4) is 0 Å². The molecule has 2 rings (SSSR count). The maximum absolute atomic E-state index is 3.62. The van der Waals surface area contributed by atoms with Gasteiger partial charge in [0.1, 0.15) is 0 Å². The van der Waals surface area contributed by atoms with E-state index < -0.39 is 0 Å². The van der Waals surface area contributed by atoms with E-state index in [0.29, 0.717) is 12.1 Å². The Morgan fingerprint density at radius 1 is 1.06 bits per heavy atom. The van der Waals surface area contributed by atoms with Gasteiger partial charge in [0.25, 0.3) is 0 Å². The molecule has 17 heavy (non-hydrogen) atoms. The standard InChI is InChI=1S/C14H29N3/c1-15-14(12-7-4-5-8-12)13-11-16(2)9-6-10-17(13)3/h12-15H,4-11H2,1-3H3. The molecule has 2 unspecified atom stereocenters. The van der Waals surface area contributed by atoms with Crippen LogP contribution in [0, 0.1) is 5.92 Å². The van der Waals surface area contributed by atoms with E-state index in [1.165, 1.54) is 51.7 Å². The average molecular weight is 239 g/mol. The predicted octanol–water partition coefficient (Wildman–Crippen LogP) is 1.40. The molecule has 1 N–H and O–H groups in total. The van der Waals surface area contributed by atoms with Crippen LogP contribution in [0.4, 0.5) is 0 Å². The van der Waals surface area contributed by atoms with Crippen molar-refractivity contribution in [1.29, 1.82) is 0 Å². The van der Waals surface area contributed by atoms with Gasteiger partial charge in [-0.15, -0.1) is 0 Å². The SMILES string of the molecule is CNC(C1CCCC1)C1CN(C)CCCN1C. The third-order valence-corrected chi connectivity index (χ3v) is 4.77. The molecule has 1 aliphatic carbocycles. The highest BCUT2D eigenvalue weighted by Gasteiger charge is 2.34. The molecule has 2 fully saturated rings. The normalized spacial score (nSPS) is 31.6. The van der Waals surface area contributed by atoms with E-state index in [1.54, 1.807) is 0 Å². The molecule has 1 saturated heterocycles. The van der Waals surface area contributed by atoms with Crippen molar-refractivity contribution in [2.24, 2.45) is 5.92 Å². The highest BCUT2D eigenvalue weighted by atomic mass is 15.2. The first-order valence-corrected chi connectivity index (χ1v) is 7.28. The minimum atomic E-state index is 0.683. The van der Waals surface area contributed by atoms with Crippen LogP contribution in [0.2, 0.25) is 0 Å². The van der Waals surface area contributed by atoms with Gasteiger partial charge < -0.3 is 15.1 Å².